The average Bonchev–Trinajstić information content (AvgIpc) is 2.56. The van der Waals surface area contributed by atoms with E-state index in [9.17, 15) is 0 Å². The van der Waals surface area contributed by atoms with Crippen LogP contribution in [0.25, 0.3) is 0 Å². The number of nitrogens with zero attached hydrogens (tertiary/aromatic N) is 3. The molecule has 0 aromatic carbocycles. The van der Waals surface area contributed by atoms with E-state index in [4.69, 9.17) is 11.5 Å². The van der Waals surface area contributed by atoms with Gasteiger partial charge in [-0.3, -0.25) is 0 Å². The number of aliphatic imine (C=N–C) groups is 2. The Kier molecular flexibility index (Phi) is 3.47. The third-order valence-corrected chi connectivity index (χ3v) is 2.11. The van der Waals surface area contributed by atoms with Crippen molar-refractivity contribution >= 4 is 28.9 Å². The highest BCUT2D eigenvalue weighted by molar-refractivity contribution is 7.08. The topological polar surface area (TPSA) is 80.0 Å². The van der Waals surface area contributed by atoms with E-state index in [0.717, 1.165) is 5.69 Å². The maximum Gasteiger partial charge on any atom is 0.223 e. The minimum absolute atomic E-state index is 0.162. The van der Waals surface area contributed by atoms with Crippen molar-refractivity contribution in [2.24, 2.45) is 21.5 Å². The Morgan fingerprint density at radius 2 is 2.14 bits per heavy atom. The summed E-state index contributed by atoms with van der Waals surface area (Å²) in [6.45, 7) is 0. The molecule has 14 heavy (non-hydrogen) atoms. The van der Waals surface area contributed by atoms with E-state index in [1.54, 1.807) is 30.3 Å². The summed E-state index contributed by atoms with van der Waals surface area (Å²) in [4.78, 5) is 9.62. The van der Waals surface area contributed by atoms with E-state index in [1.165, 1.54) is 0 Å². The van der Waals surface area contributed by atoms with Crippen molar-refractivity contribution in [2.45, 2.75) is 0 Å². The van der Waals surface area contributed by atoms with Gasteiger partial charge in [-0.05, 0) is 11.4 Å². The van der Waals surface area contributed by atoms with Crippen molar-refractivity contribution in [3.05, 3.63) is 16.8 Å². The van der Waals surface area contributed by atoms with Crippen molar-refractivity contribution in [3.63, 3.8) is 0 Å². The molecule has 0 atom stereocenters. The third kappa shape index (κ3) is 3.06. The molecule has 6 heteroatoms. The van der Waals surface area contributed by atoms with E-state index in [0.29, 0.717) is 5.96 Å². The number of nitrogens with two attached hydrogens (primary N) is 2. The van der Waals surface area contributed by atoms with Gasteiger partial charge in [-0.25, -0.2) is 4.99 Å². The fourth-order valence-electron chi connectivity index (χ4n) is 0.696. The van der Waals surface area contributed by atoms with Crippen molar-refractivity contribution in [2.75, 3.05) is 14.1 Å². The predicted octanol–water partition coefficient (Wildman–Crippen LogP) is 0.571. The second-order valence-corrected chi connectivity index (χ2v) is 3.60. The Hall–Kier alpha value is -1.56. The Labute approximate surface area is 86.8 Å². The predicted molar refractivity (Wildman–Crippen MR) is 60.9 cm³/mol. The van der Waals surface area contributed by atoms with Crippen LogP contribution < -0.4 is 11.5 Å². The molecule has 0 saturated heterocycles. The van der Waals surface area contributed by atoms with Gasteiger partial charge in [-0.1, -0.05) is 0 Å². The molecule has 0 aliphatic rings. The fourth-order valence-corrected chi connectivity index (χ4v) is 1.26. The van der Waals surface area contributed by atoms with Gasteiger partial charge in [0, 0.05) is 19.5 Å². The quantitative estimate of drug-likeness (QED) is 0.526. The first kappa shape index (κ1) is 10.5. The zero-order chi connectivity index (χ0) is 10.6. The van der Waals surface area contributed by atoms with Crippen molar-refractivity contribution < 1.29 is 0 Å². The summed E-state index contributed by atoms with van der Waals surface area (Å²) < 4.78 is 0. The van der Waals surface area contributed by atoms with E-state index < -0.39 is 0 Å². The molecular formula is C8H13N5S. The SMILES string of the molecule is CN(C)C(N)=NC(N)=Nc1ccsc1. The van der Waals surface area contributed by atoms with Crippen LogP contribution >= 0.6 is 11.3 Å². The molecule has 4 N–H and O–H groups in total. The molecule has 0 fully saturated rings. The molecule has 1 rings (SSSR count). The summed E-state index contributed by atoms with van der Waals surface area (Å²) >= 11 is 1.55. The summed E-state index contributed by atoms with van der Waals surface area (Å²) in [6.07, 6.45) is 0. The Morgan fingerprint density at radius 1 is 1.43 bits per heavy atom. The lowest BCUT2D eigenvalue weighted by Gasteiger charge is -2.09. The number of rotatable bonds is 1. The van der Waals surface area contributed by atoms with Crippen LogP contribution in [0.1, 0.15) is 0 Å². The highest BCUT2D eigenvalue weighted by Gasteiger charge is 1.96. The van der Waals surface area contributed by atoms with Crippen LogP contribution in [0.15, 0.2) is 26.8 Å². The Balaban J connectivity index is 2.76. The van der Waals surface area contributed by atoms with Gasteiger partial charge in [0.05, 0.1) is 5.69 Å². The molecule has 0 spiro atoms. The van der Waals surface area contributed by atoms with Crippen LogP contribution in [0.4, 0.5) is 5.69 Å². The molecule has 1 aromatic heterocycles. The third-order valence-electron chi connectivity index (χ3n) is 1.44. The minimum atomic E-state index is 0.162. The number of hydrogen-bond donors (Lipinski definition) is 2. The number of hydrogen-bond acceptors (Lipinski definition) is 2. The molecule has 0 aliphatic carbocycles. The molecule has 0 aliphatic heterocycles. The first-order valence-electron chi connectivity index (χ1n) is 3.97. The standard InChI is InChI=1S/C8H13N5S/c1-13(2)8(10)12-7(9)11-6-3-4-14-5-6/h3-5H,1-2H3,(H4,9,10,11,12). The first-order chi connectivity index (χ1) is 6.59. The van der Waals surface area contributed by atoms with Crippen LogP contribution in [0.2, 0.25) is 0 Å². The molecule has 0 bridgehead atoms. The second kappa shape index (κ2) is 4.61. The summed E-state index contributed by atoms with van der Waals surface area (Å²) in [7, 11) is 3.58. The molecule has 76 valence electrons. The van der Waals surface area contributed by atoms with Gasteiger partial charge >= 0.3 is 0 Å². The van der Waals surface area contributed by atoms with Gasteiger partial charge in [-0.15, -0.1) is 0 Å². The van der Waals surface area contributed by atoms with E-state index in [-0.39, 0.29) is 5.96 Å². The summed E-state index contributed by atoms with van der Waals surface area (Å²) in [5.74, 6) is 0.496. The van der Waals surface area contributed by atoms with Gasteiger partial charge in [0.15, 0.2) is 5.96 Å². The summed E-state index contributed by atoms with van der Waals surface area (Å²) in [6, 6.07) is 1.86. The van der Waals surface area contributed by atoms with Gasteiger partial charge in [0.1, 0.15) is 0 Å². The van der Waals surface area contributed by atoms with Crippen molar-refractivity contribution in [1.82, 2.24) is 4.90 Å². The van der Waals surface area contributed by atoms with Gasteiger partial charge < -0.3 is 16.4 Å². The zero-order valence-electron chi connectivity index (χ0n) is 8.14. The largest absolute Gasteiger partial charge is 0.369 e. The second-order valence-electron chi connectivity index (χ2n) is 2.82. The van der Waals surface area contributed by atoms with Gasteiger partial charge in [-0.2, -0.15) is 16.3 Å². The van der Waals surface area contributed by atoms with E-state index in [1.807, 2.05) is 16.8 Å². The lowest BCUT2D eigenvalue weighted by Crippen LogP contribution is -2.32. The minimum Gasteiger partial charge on any atom is -0.369 e. The Morgan fingerprint density at radius 3 is 2.64 bits per heavy atom. The first-order valence-corrected chi connectivity index (χ1v) is 4.91. The maximum absolute atomic E-state index is 5.56. The summed E-state index contributed by atoms with van der Waals surface area (Å²) in [5, 5.41) is 3.80. The number of thiophene rings is 1. The highest BCUT2D eigenvalue weighted by Crippen LogP contribution is 2.15. The zero-order valence-corrected chi connectivity index (χ0v) is 8.95. The fraction of sp³-hybridized carbons (Fsp3) is 0.250. The van der Waals surface area contributed by atoms with Crippen LogP contribution in [0.3, 0.4) is 0 Å². The lowest BCUT2D eigenvalue weighted by atomic mass is 10.5. The smallest absolute Gasteiger partial charge is 0.223 e. The van der Waals surface area contributed by atoms with E-state index in [2.05, 4.69) is 9.98 Å². The van der Waals surface area contributed by atoms with Crippen LogP contribution in [0, 0.1) is 0 Å². The molecular weight excluding hydrogens is 198 g/mol. The van der Waals surface area contributed by atoms with Crippen LogP contribution in [-0.2, 0) is 0 Å². The highest BCUT2D eigenvalue weighted by atomic mass is 32.1. The lowest BCUT2D eigenvalue weighted by molar-refractivity contribution is 0.615. The summed E-state index contributed by atoms with van der Waals surface area (Å²) in [5.41, 5.74) is 11.9. The normalized spacial score (nSPS) is 13.0. The van der Waals surface area contributed by atoms with Gasteiger partial charge in [0.2, 0.25) is 5.96 Å². The van der Waals surface area contributed by atoms with Crippen LogP contribution in [0.5, 0.6) is 0 Å². The number of guanidine groups is 2. The molecule has 0 unspecified atom stereocenters. The van der Waals surface area contributed by atoms with Crippen LogP contribution in [-0.4, -0.2) is 30.9 Å². The van der Waals surface area contributed by atoms with Crippen molar-refractivity contribution in [3.8, 4) is 0 Å². The molecule has 0 radical (unpaired) electrons. The van der Waals surface area contributed by atoms with Crippen molar-refractivity contribution in [1.29, 1.82) is 0 Å². The van der Waals surface area contributed by atoms with Gasteiger partial charge in [0.25, 0.3) is 0 Å². The monoisotopic (exact) mass is 211 g/mol. The maximum atomic E-state index is 5.56. The molecule has 1 aromatic rings. The van der Waals surface area contributed by atoms with E-state index >= 15 is 0 Å². The Bertz CT molecular complexity index is 339. The molecule has 5 nitrogen and oxygen atoms in total. The average molecular weight is 211 g/mol. The molecule has 0 saturated carbocycles. The molecule has 1 heterocycles. The molecule has 0 amide bonds.